The minimum Gasteiger partial charge on any atom is -0.506 e. The molecule has 27 heavy (non-hydrogen) atoms. The number of amides is 1. The molecule has 138 valence electrons. The fraction of sp³-hybridized carbons (Fsp3) is 0.0588. The van der Waals surface area contributed by atoms with Gasteiger partial charge in [-0.3, -0.25) is 4.79 Å². The number of halogens is 1. The van der Waals surface area contributed by atoms with Crippen molar-refractivity contribution < 1.29 is 27.1 Å². The smallest absolute Gasteiger partial charge is 0.326 e. The molecule has 0 atom stereocenters. The second kappa shape index (κ2) is 6.09. The van der Waals surface area contributed by atoms with Crippen molar-refractivity contribution in [1.29, 1.82) is 0 Å². The van der Waals surface area contributed by atoms with Crippen LogP contribution in [-0.4, -0.2) is 31.0 Å². The molecule has 4 rings (SSSR count). The Morgan fingerprint density at radius 1 is 1.19 bits per heavy atom. The van der Waals surface area contributed by atoms with E-state index in [9.17, 15) is 18.3 Å². The lowest BCUT2D eigenvalue weighted by molar-refractivity contribution is -0.117. The largest absolute Gasteiger partial charge is 0.506 e. The van der Waals surface area contributed by atoms with E-state index in [-0.39, 0.29) is 17.1 Å². The molecule has 2 heterocycles. The molecule has 1 aliphatic rings. The van der Waals surface area contributed by atoms with Crippen molar-refractivity contribution in [2.75, 3.05) is 10.8 Å². The number of nitrogens with one attached hydrogen (secondary N) is 1. The summed E-state index contributed by atoms with van der Waals surface area (Å²) in [7, 11) is -4.28. The molecule has 1 aliphatic heterocycles. The van der Waals surface area contributed by atoms with Gasteiger partial charge in [-0.1, -0.05) is 18.2 Å². The number of aromatic hydroxyl groups is 1. The molecule has 1 aromatic heterocycles. The van der Waals surface area contributed by atoms with Gasteiger partial charge in [0.15, 0.2) is 5.82 Å². The Kier molecular flexibility index (Phi) is 3.84. The van der Waals surface area contributed by atoms with Crippen LogP contribution >= 0.6 is 0 Å². The van der Waals surface area contributed by atoms with Gasteiger partial charge >= 0.3 is 10.2 Å². The highest BCUT2D eigenvalue weighted by molar-refractivity contribution is 7.92. The molecule has 1 amide bonds. The number of phenols is 1. The number of aromatic nitrogens is 1. The van der Waals surface area contributed by atoms with Gasteiger partial charge in [-0.25, -0.2) is 18.4 Å². The van der Waals surface area contributed by atoms with Crippen molar-refractivity contribution in [3.8, 4) is 28.5 Å². The number of rotatable bonds is 3. The minimum absolute atomic E-state index is 0.0803. The van der Waals surface area contributed by atoms with Crippen LogP contribution < -0.4 is 9.03 Å². The third kappa shape index (κ3) is 2.89. The molecule has 0 radical (unpaired) electrons. The van der Waals surface area contributed by atoms with Crippen molar-refractivity contribution in [3.05, 3.63) is 54.5 Å². The highest BCUT2D eigenvalue weighted by Crippen LogP contribution is 2.38. The Morgan fingerprint density at radius 2 is 1.93 bits per heavy atom. The standard InChI is InChI=1S/C17H12FN3O5S/c18-15-11(12-9-26-17(19-12)10-4-2-1-3-5-10)6-7-13(22)16(15)21-8-14(23)20-27(21,24)25/h1-7,9,22H,8H2,(H,20,23). The number of carbonyl (C=O) groups excluding carboxylic acids is 1. The zero-order valence-corrected chi connectivity index (χ0v) is 14.4. The first-order valence-corrected chi connectivity index (χ1v) is 9.17. The van der Waals surface area contributed by atoms with E-state index in [0.717, 1.165) is 6.07 Å². The van der Waals surface area contributed by atoms with Gasteiger partial charge in [0.1, 0.15) is 29.9 Å². The van der Waals surface area contributed by atoms with Gasteiger partial charge in [-0.05, 0) is 24.3 Å². The molecule has 0 aliphatic carbocycles. The Morgan fingerprint density at radius 3 is 2.59 bits per heavy atom. The third-order valence-electron chi connectivity index (χ3n) is 3.97. The first kappa shape index (κ1) is 17.0. The molecule has 0 saturated carbocycles. The quantitative estimate of drug-likeness (QED) is 0.709. The summed E-state index contributed by atoms with van der Waals surface area (Å²) in [6.07, 6.45) is 1.23. The van der Waals surface area contributed by atoms with E-state index < -0.39 is 39.9 Å². The van der Waals surface area contributed by atoms with Crippen molar-refractivity contribution >= 4 is 21.8 Å². The molecule has 1 fully saturated rings. The third-order valence-corrected chi connectivity index (χ3v) is 5.34. The Bertz CT molecular complexity index is 1140. The summed E-state index contributed by atoms with van der Waals surface area (Å²) in [4.78, 5) is 15.6. The molecule has 1 saturated heterocycles. The molecular weight excluding hydrogens is 377 g/mol. The maximum absolute atomic E-state index is 15.1. The van der Waals surface area contributed by atoms with Crippen LogP contribution in [0.5, 0.6) is 5.75 Å². The lowest BCUT2D eigenvalue weighted by Crippen LogP contribution is -2.30. The number of nitrogens with zero attached hydrogens (tertiary/aromatic N) is 2. The van der Waals surface area contributed by atoms with Crippen molar-refractivity contribution in [3.63, 3.8) is 0 Å². The normalized spacial score (nSPS) is 15.7. The highest BCUT2D eigenvalue weighted by atomic mass is 32.2. The first-order chi connectivity index (χ1) is 12.9. The predicted octanol–water partition coefficient (Wildman–Crippen LogP) is 2.03. The Hall–Kier alpha value is -3.40. The first-order valence-electron chi connectivity index (χ1n) is 7.73. The summed E-state index contributed by atoms with van der Waals surface area (Å²) in [5.41, 5.74) is 0.0851. The van der Waals surface area contributed by atoms with Crippen LogP contribution in [0.4, 0.5) is 10.1 Å². The second-order valence-corrected chi connectivity index (χ2v) is 7.33. The van der Waals surface area contributed by atoms with Gasteiger partial charge in [0.2, 0.25) is 5.89 Å². The number of hydrogen-bond donors (Lipinski definition) is 2. The van der Waals surface area contributed by atoms with Crippen LogP contribution in [0.15, 0.2) is 53.1 Å². The van der Waals surface area contributed by atoms with Gasteiger partial charge in [0.05, 0.1) is 0 Å². The molecule has 8 nitrogen and oxygen atoms in total. The number of benzene rings is 2. The highest BCUT2D eigenvalue weighted by Gasteiger charge is 2.38. The topological polar surface area (TPSA) is 113 Å². The van der Waals surface area contributed by atoms with Crippen LogP contribution in [0.3, 0.4) is 0 Å². The molecule has 10 heteroatoms. The molecule has 3 aromatic rings. The molecule has 2 aromatic carbocycles. The van der Waals surface area contributed by atoms with Crippen molar-refractivity contribution in [2.24, 2.45) is 0 Å². The summed E-state index contributed by atoms with van der Waals surface area (Å²) < 4.78 is 46.6. The monoisotopic (exact) mass is 389 g/mol. The summed E-state index contributed by atoms with van der Waals surface area (Å²) in [5.74, 6) is -2.23. The van der Waals surface area contributed by atoms with Gasteiger partial charge in [-0.2, -0.15) is 8.42 Å². The zero-order chi connectivity index (χ0) is 19.2. The molecule has 0 bridgehead atoms. The number of oxazole rings is 1. The predicted molar refractivity (Wildman–Crippen MR) is 93.4 cm³/mol. The summed E-state index contributed by atoms with van der Waals surface area (Å²) in [6, 6.07) is 11.3. The van der Waals surface area contributed by atoms with Gasteiger partial charge < -0.3 is 9.52 Å². The van der Waals surface area contributed by atoms with Crippen LogP contribution in [0, 0.1) is 5.82 Å². The number of carbonyl (C=O) groups is 1. The fourth-order valence-corrected chi connectivity index (χ4v) is 3.91. The van der Waals surface area contributed by atoms with E-state index >= 15 is 4.39 Å². The van der Waals surface area contributed by atoms with Crippen LogP contribution in [-0.2, 0) is 15.0 Å². The lowest BCUT2D eigenvalue weighted by Gasteiger charge is -2.18. The minimum atomic E-state index is -4.28. The number of phenolic OH excluding ortho intramolecular Hbond substituents is 1. The number of hydrogen-bond acceptors (Lipinski definition) is 6. The average Bonchev–Trinajstić information content (AvgIpc) is 3.20. The van der Waals surface area contributed by atoms with E-state index in [1.807, 2.05) is 6.07 Å². The Balaban J connectivity index is 1.80. The van der Waals surface area contributed by atoms with E-state index in [4.69, 9.17) is 4.42 Å². The van der Waals surface area contributed by atoms with E-state index in [1.165, 1.54) is 12.3 Å². The van der Waals surface area contributed by atoms with Gasteiger partial charge in [0.25, 0.3) is 5.91 Å². The Labute approximate surface area is 153 Å². The SMILES string of the molecule is O=C1CN(c2c(O)ccc(-c3coc(-c4ccccc4)n3)c2F)S(=O)(=O)N1. The van der Waals surface area contributed by atoms with E-state index in [2.05, 4.69) is 4.98 Å². The summed E-state index contributed by atoms with van der Waals surface area (Å²) in [6.45, 7) is -0.635. The van der Waals surface area contributed by atoms with Crippen LogP contribution in [0.1, 0.15) is 0 Å². The van der Waals surface area contributed by atoms with Gasteiger partial charge in [-0.15, -0.1) is 0 Å². The average molecular weight is 389 g/mol. The second-order valence-electron chi connectivity index (χ2n) is 5.74. The molecule has 2 N–H and O–H groups in total. The van der Waals surface area contributed by atoms with E-state index in [1.54, 1.807) is 29.0 Å². The fourth-order valence-electron chi connectivity index (χ4n) is 2.75. The molecular formula is C17H12FN3O5S. The lowest BCUT2D eigenvalue weighted by atomic mass is 10.1. The molecule has 0 spiro atoms. The van der Waals surface area contributed by atoms with E-state index in [0.29, 0.717) is 9.87 Å². The van der Waals surface area contributed by atoms with Crippen LogP contribution in [0.2, 0.25) is 0 Å². The van der Waals surface area contributed by atoms with Crippen molar-refractivity contribution in [1.82, 2.24) is 9.71 Å². The molecule has 0 unspecified atom stereocenters. The van der Waals surface area contributed by atoms with Crippen LogP contribution in [0.25, 0.3) is 22.7 Å². The zero-order valence-electron chi connectivity index (χ0n) is 13.6. The maximum Gasteiger partial charge on any atom is 0.326 e. The van der Waals surface area contributed by atoms with Gasteiger partial charge in [0, 0.05) is 11.1 Å². The van der Waals surface area contributed by atoms with Crippen molar-refractivity contribution in [2.45, 2.75) is 0 Å². The summed E-state index contributed by atoms with van der Waals surface area (Å²) in [5, 5.41) is 10.00. The summed E-state index contributed by atoms with van der Waals surface area (Å²) >= 11 is 0. The number of anilines is 1. The maximum atomic E-state index is 15.1.